The molecule has 1 fully saturated rings. The normalized spacial score (nSPS) is 13.6. The molecule has 0 aliphatic heterocycles. The predicted octanol–water partition coefficient (Wildman–Crippen LogP) is 3.95. The summed E-state index contributed by atoms with van der Waals surface area (Å²) in [6.07, 6.45) is 2.02. The quantitative estimate of drug-likeness (QED) is 0.591. The zero-order valence-corrected chi connectivity index (χ0v) is 15.4. The van der Waals surface area contributed by atoms with Crippen LogP contribution in [0.4, 0.5) is 15.8 Å². The molecule has 0 heterocycles. The van der Waals surface area contributed by atoms with Gasteiger partial charge in [0.25, 0.3) is 5.69 Å². The molecule has 1 N–H and O–H groups in total. The third-order valence-electron chi connectivity index (χ3n) is 4.79. The smallest absolute Gasteiger partial charge is 0.293 e. The molecule has 0 saturated heterocycles. The highest BCUT2D eigenvalue weighted by Gasteiger charge is 2.30. The molecule has 2 aromatic rings. The Labute approximate surface area is 157 Å². The van der Waals surface area contributed by atoms with E-state index in [9.17, 15) is 19.3 Å². The van der Waals surface area contributed by atoms with Gasteiger partial charge in [0, 0.05) is 18.7 Å². The summed E-state index contributed by atoms with van der Waals surface area (Å²) >= 11 is 0. The van der Waals surface area contributed by atoms with Crippen molar-refractivity contribution in [2.24, 2.45) is 0 Å². The molecule has 1 amide bonds. The van der Waals surface area contributed by atoms with Gasteiger partial charge in [-0.2, -0.15) is 0 Å². The minimum Gasteiger partial charge on any atom is -0.319 e. The average molecular weight is 371 g/mol. The van der Waals surface area contributed by atoms with Gasteiger partial charge in [0.15, 0.2) is 0 Å². The van der Waals surface area contributed by atoms with Crippen molar-refractivity contribution in [3.63, 3.8) is 0 Å². The molecule has 27 heavy (non-hydrogen) atoms. The number of nitrogens with zero attached hydrogens (tertiary/aromatic N) is 2. The predicted molar refractivity (Wildman–Crippen MR) is 101 cm³/mol. The van der Waals surface area contributed by atoms with Crippen molar-refractivity contribution in [3.05, 3.63) is 69.0 Å². The minimum atomic E-state index is -0.487. The van der Waals surface area contributed by atoms with Gasteiger partial charge in [-0.25, -0.2) is 4.39 Å². The zero-order chi connectivity index (χ0) is 19.6. The van der Waals surface area contributed by atoms with Crippen molar-refractivity contribution in [2.45, 2.75) is 39.3 Å². The second-order valence-corrected chi connectivity index (χ2v) is 7.02. The Morgan fingerprint density at radius 1 is 1.22 bits per heavy atom. The molecule has 0 aromatic heterocycles. The van der Waals surface area contributed by atoms with Crippen LogP contribution in [-0.4, -0.2) is 28.3 Å². The molecule has 1 saturated carbocycles. The summed E-state index contributed by atoms with van der Waals surface area (Å²) < 4.78 is 13.1. The highest BCUT2D eigenvalue weighted by atomic mass is 19.1. The maximum atomic E-state index is 13.1. The minimum absolute atomic E-state index is 0.108. The van der Waals surface area contributed by atoms with Crippen molar-refractivity contribution in [1.29, 1.82) is 0 Å². The number of rotatable bonds is 7. The van der Waals surface area contributed by atoms with Gasteiger partial charge < -0.3 is 5.32 Å². The lowest BCUT2D eigenvalue weighted by Gasteiger charge is -2.21. The van der Waals surface area contributed by atoms with Crippen LogP contribution in [0.1, 0.15) is 29.5 Å². The Bertz CT molecular complexity index is 864. The number of amides is 1. The molecule has 0 spiro atoms. The summed E-state index contributed by atoms with van der Waals surface area (Å²) in [5.74, 6) is -0.591. The highest BCUT2D eigenvalue weighted by Crippen LogP contribution is 2.30. The molecule has 142 valence electrons. The fourth-order valence-corrected chi connectivity index (χ4v) is 3.00. The molecule has 0 unspecified atom stereocenters. The third kappa shape index (κ3) is 4.89. The SMILES string of the molecule is Cc1cc(NC(=O)CN(Cc2ccc(F)cc2)C2CC2)c([N+](=O)[O-])cc1C. The number of nitro groups is 1. The number of carbonyl (C=O) groups excluding carboxylic acids is 1. The van der Waals surface area contributed by atoms with Gasteiger partial charge in [-0.05, 0) is 61.6 Å². The number of nitro benzene ring substituents is 1. The Hall–Kier alpha value is -2.80. The second-order valence-electron chi connectivity index (χ2n) is 7.02. The van der Waals surface area contributed by atoms with E-state index in [1.54, 1.807) is 25.1 Å². The van der Waals surface area contributed by atoms with E-state index < -0.39 is 4.92 Å². The van der Waals surface area contributed by atoms with Gasteiger partial charge in [-0.3, -0.25) is 19.8 Å². The van der Waals surface area contributed by atoms with Gasteiger partial charge in [0.1, 0.15) is 11.5 Å². The Kier molecular flexibility index (Phi) is 5.51. The van der Waals surface area contributed by atoms with Crippen molar-refractivity contribution in [1.82, 2.24) is 4.90 Å². The summed E-state index contributed by atoms with van der Waals surface area (Å²) in [6, 6.07) is 9.64. The summed E-state index contributed by atoms with van der Waals surface area (Å²) in [4.78, 5) is 25.4. The monoisotopic (exact) mass is 371 g/mol. The number of anilines is 1. The van der Waals surface area contributed by atoms with Crippen LogP contribution in [0.5, 0.6) is 0 Å². The first-order valence-corrected chi connectivity index (χ1v) is 8.87. The fourth-order valence-electron chi connectivity index (χ4n) is 3.00. The van der Waals surface area contributed by atoms with E-state index in [1.807, 2.05) is 11.8 Å². The van der Waals surface area contributed by atoms with Crippen LogP contribution in [0.3, 0.4) is 0 Å². The molecule has 2 aromatic carbocycles. The first kappa shape index (κ1) is 19.0. The fraction of sp³-hybridized carbons (Fsp3) is 0.350. The average Bonchev–Trinajstić information content (AvgIpc) is 3.44. The van der Waals surface area contributed by atoms with Crippen LogP contribution in [0, 0.1) is 29.8 Å². The summed E-state index contributed by atoms with van der Waals surface area (Å²) in [5, 5.41) is 14.0. The second kappa shape index (κ2) is 7.84. The molecule has 0 radical (unpaired) electrons. The Balaban J connectivity index is 1.71. The van der Waals surface area contributed by atoms with E-state index in [0.717, 1.165) is 29.5 Å². The largest absolute Gasteiger partial charge is 0.319 e. The number of hydrogen-bond acceptors (Lipinski definition) is 4. The number of aryl methyl sites for hydroxylation is 2. The number of halogens is 1. The van der Waals surface area contributed by atoms with Gasteiger partial charge in [0.05, 0.1) is 11.5 Å². The first-order valence-electron chi connectivity index (χ1n) is 8.87. The summed E-state index contributed by atoms with van der Waals surface area (Å²) in [5.41, 5.74) is 2.71. The number of carbonyl (C=O) groups is 1. The van der Waals surface area contributed by atoms with E-state index in [2.05, 4.69) is 5.32 Å². The van der Waals surface area contributed by atoms with Gasteiger partial charge in [0.2, 0.25) is 5.91 Å². The lowest BCUT2D eigenvalue weighted by Crippen LogP contribution is -2.34. The maximum absolute atomic E-state index is 13.1. The molecule has 6 nitrogen and oxygen atoms in total. The van der Waals surface area contributed by atoms with Crippen LogP contribution in [0.25, 0.3) is 0 Å². The number of hydrogen-bond donors (Lipinski definition) is 1. The molecule has 0 bridgehead atoms. The van der Waals surface area contributed by atoms with Crippen LogP contribution >= 0.6 is 0 Å². The first-order chi connectivity index (χ1) is 12.8. The van der Waals surface area contributed by atoms with E-state index in [-0.39, 0.29) is 29.6 Å². The lowest BCUT2D eigenvalue weighted by molar-refractivity contribution is -0.384. The Morgan fingerprint density at radius 3 is 2.44 bits per heavy atom. The van der Waals surface area contributed by atoms with Crippen molar-refractivity contribution in [3.8, 4) is 0 Å². The van der Waals surface area contributed by atoms with Crippen molar-refractivity contribution < 1.29 is 14.1 Å². The van der Waals surface area contributed by atoms with Gasteiger partial charge >= 0.3 is 0 Å². The lowest BCUT2D eigenvalue weighted by atomic mass is 10.1. The Morgan fingerprint density at radius 2 is 1.85 bits per heavy atom. The van der Waals surface area contributed by atoms with Crippen LogP contribution in [0.15, 0.2) is 36.4 Å². The van der Waals surface area contributed by atoms with Crippen molar-refractivity contribution >= 4 is 17.3 Å². The van der Waals surface area contributed by atoms with Gasteiger partial charge in [-0.15, -0.1) is 0 Å². The molecule has 7 heteroatoms. The van der Waals surface area contributed by atoms with Crippen LogP contribution < -0.4 is 5.32 Å². The topological polar surface area (TPSA) is 75.5 Å². The van der Waals surface area contributed by atoms with Crippen LogP contribution in [-0.2, 0) is 11.3 Å². The molecular formula is C20H22FN3O3. The van der Waals surface area contributed by atoms with Crippen LogP contribution in [0.2, 0.25) is 0 Å². The van der Waals surface area contributed by atoms with Gasteiger partial charge in [-0.1, -0.05) is 12.1 Å². The number of nitrogens with one attached hydrogen (secondary N) is 1. The highest BCUT2D eigenvalue weighted by molar-refractivity contribution is 5.94. The molecular weight excluding hydrogens is 349 g/mol. The van der Waals surface area contributed by atoms with E-state index in [4.69, 9.17) is 0 Å². The zero-order valence-electron chi connectivity index (χ0n) is 15.4. The molecule has 1 aliphatic rings. The number of benzene rings is 2. The van der Waals surface area contributed by atoms with Crippen molar-refractivity contribution in [2.75, 3.05) is 11.9 Å². The van der Waals surface area contributed by atoms with E-state index in [1.165, 1.54) is 18.2 Å². The van der Waals surface area contributed by atoms with E-state index in [0.29, 0.717) is 12.6 Å². The van der Waals surface area contributed by atoms with E-state index >= 15 is 0 Å². The molecule has 0 atom stereocenters. The molecule has 3 rings (SSSR count). The molecule has 1 aliphatic carbocycles. The summed E-state index contributed by atoms with van der Waals surface area (Å²) in [6.45, 7) is 4.31. The maximum Gasteiger partial charge on any atom is 0.293 e. The summed E-state index contributed by atoms with van der Waals surface area (Å²) in [7, 11) is 0. The standard InChI is InChI=1S/C20H22FN3O3/c1-13-9-18(19(24(26)27)10-14(13)2)22-20(25)12-23(17-7-8-17)11-15-3-5-16(21)6-4-15/h3-6,9-10,17H,7-8,11-12H2,1-2H3,(H,22,25). The third-order valence-corrected chi connectivity index (χ3v) is 4.79.